The van der Waals surface area contributed by atoms with E-state index < -0.39 is 0 Å². The van der Waals surface area contributed by atoms with Crippen molar-refractivity contribution in [2.45, 2.75) is 0 Å². The van der Waals surface area contributed by atoms with E-state index in [2.05, 4.69) is 15.0 Å². The molecule has 4 heteroatoms. The van der Waals surface area contributed by atoms with Crippen LogP contribution in [-0.4, -0.2) is 22.1 Å². The summed E-state index contributed by atoms with van der Waals surface area (Å²) in [5, 5.41) is 0. The summed E-state index contributed by atoms with van der Waals surface area (Å²) < 4.78 is 5.37. The quantitative estimate of drug-likeness (QED) is 0.728. The van der Waals surface area contributed by atoms with Crippen LogP contribution in [0, 0.1) is 0 Å². The van der Waals surface area contributed by atoms with Crippen LogP contribution in [0.25, 0.3) is 22.6 Å². The molecule has 0 radical (unpaired) electrons. The molecule has 3 rings (SSSR count). The van der Waals surface area contributed by atoms with E-state index in [-0.39, 0.29) is 0 Å². The molecule has 0 aliphatic rings. The Kier molecular flexibility index (Phi) is 3.37. The van der Waals surface area contributed by atoms with Crippen LogP contribution in [0.15, 0.2) is 61.1 Å². The molecule has 4 nitrogen and oxygen atoms in total. The van der Waals surface area contributed by atoms with E-state index >= 15 is 0 Å². The molecule has 0 unspecified atom stereocenters. The largest absolute Gasteiger partial charge is 0.496 e. The zero-order valence-corrected chi connectivity index (χ0v) is 11.0. The first-order chi connectivity index (χ1) is 9.88. The minimum absolute atomic E-state index is 0.790. The van der Waals surface area contributed by atoms with Gasteiger partial charge in [-0.25, -0.2) is 9.97 Å². The first-order valence-corrected chi connectivity index (χ1v) is 6.25. The van der Waals surface area contributed by atoms with Crippen molar-refractivity contribution in [3.63, 3.8) is 0 Å². The molecule has 0 spiro atoms. The molecule has 0 saturated heterocycles. The summed E-state index contributed by atoms with van der Waals surface area (Å²) in [6, 6.07) is 15.4. The number of hydrogen-bond donors (Lipinski definition) is 0. The smallest absolute Gasteiger partial charge is 0.128 e. The highest BCUT2D eigenvalue weighted by molar-refractivity contribution is 5.70. The predicted molar refractivity (Wildman–Crippen MR) is 77.3 cm³/mol. The maximum Gasteiger partial charge on any atom is 0.128 e. The molecule has 2 heterocycles. The second-order valence-corrected chi connectivity index (χ2v) is 4.20. The highest BCUT2D eigenvalue weighted by atomic mass is 16.5. The number of para-hydroxylation sites is 1. The van der Waals surface area contributed by atoms with Gasteiger partial charge in [0.2, 0.25) is 0 Å². The van der Waals surface area contributed by atoms with Gasteiger partial charge in [0, 0.05) is 11.8 Å². The van der Waals surface area contributed by atoms with E-state index in [4.69, 9.17) is 4.74 Å². The first-order valence-electron chi connectivity index (χ1n) is 6.25. The number of nitrogens with zero attached hydrogens (tertiary/aromatic N) is 3. The maximum atomic E-state index is 5.37. The molecule has 0 saturated carbocycles. The lowest BCUT2D eigenvalue weighted by atomic mass is 10.1. The molecule has 0 aliphatic heterocycles. The summed E-state index contributed by atoms with van der Waals surface area (Å²) in [5.41, 5.74) is 3.38. The average Bonchev–Trinajstić information content (AvgIpc) is 2.56. The summed E-state index contributed by atoms with van der Waals surface area (Å²) in [6.07, 6.45) is 3.30. The molecule has 20 heavy (non-hydrogen) atoms. The van der Waals surface area contributed by atoms with Gasteiger partial charge in [-0.2, -0.15) is 0 Å². The van der Waals surface area contributed by atoms with Gasteiger partial charge >= 0.3 is 0 Å². The van der Waals surface area contributed by atoms with E-state index in [1.807, 2.05) is 48.5 Å². The average molecular weight is 263 g/mol. The molecule has 3 aromatic rings. The summed E-state index contributed by atoms with van der Waals surface area (Å²) in [5.74, 6) is 0.790. The normalized spacial score (nSPS) is 10.2. The third-order valence-electron chi connectivity index (χ3n) is 2.98. The molecule has 0 fully saturated rings. The highest BCUT2D eigenvalue weighted by Gasteiger charge is 2.08. The molecule has 0 bridgehead atoms. The zero-order chi connectivity index (χ0) is 13.8. The number of benzene rings is 1. The van der Waals surface area contributed by atoms with Crippen LogP contribution < -0.4 is 4.74 Å². The van der Waals surface area contributed by atoms with Gasteiger partial charge in [0.05, 0.1) is 24.2 Å². The van der Waals surface area contributed by atoms with Crippen LogP contribution in [0.5, 0.6) is 5.75 Å². The SMILES string of the molecule is COc1ccccc1-c1cc(-c2ccccn2)ncn1. The fourth-order valence-electron chi connectivity index (χ4n) is 2.02. The minimum Gasteiger partial charge on any atom is -0.496 e. The van der Waals surface area contributed by atoms with Crippen molar-refractivity contribution in [3.8, 4) is 28.4 Å². The molecule has 0 N–H and O–H groups in total. The summed E-state index contributed by atoms with van der Waals surface area (Å²) >= 11 is 0. The van der Waals surface area contributed by atoms with Gasteiger partial charge in [-0.15, -0.1) is 0 Å². The fourth-order valence-corrected chi connectivity index (χ4v) is 2.02. The standard InChI is InChI=1S/C16H13N3O/c1-20-16-8-3-2-6-12(16)14-10-15(19-11-18-14)13-7-4-5-9-17-13/h2-11H,1H3. The van der Waals surface area contributed by atoms with Crippen molar-refractivity contribution in [1.82, 2.24) is 15.0 Å². The van der Waals surface area contributed by atoms with Crippen LogP contribution in [0.4, 0.5) is 0 Å². The summed E-state index contributed by atoms with van der Waals surface area (Å²) in [4.78, 5) is 12.9. The summed E-state index contributed by atoms with van der Waals surface area (Å²) in [6.45, 7) is 0. The van der Waals surface area contributed by atoms with Gasteiger partial charge in [-0.3, -0.25) is 4.98 Å². The topological polar surface area (TPSA) is 47.9 Å². The summed E-state index contributed by atoms with van der Waals surface area (Å²) in [7, 11) is 1.65. The molecule has 1 aromatic carbocycles. The molecule has 0 aliphatic carbocycles. The van der Waals surface area contributed by atoms with Gasteiger partial charge in [-0.05, 0) is 30.3 Å². The molecule has 2 aromatic heterocycles. The van der Waals surface area contributed by atoms with Crippen LogP contribution in [0.1, 0.15) is 0 Å². The second-order valence-electron chi connectivity index (χ2n) is 4.20. The van der Waals surface area contributed by atoms with Crippen molar-refractivity contribution in [2.75, 3.05) is 7.11 Å². The van der Waals surface area contributed by atoms with E-state index in [9.17, 15) is 0 Å². The fraction of sp³-hybridized carbons (Fsp3) is 0.0625. The van der Waals surface area contributed by atoms with Gasteiger partial charge < -0.3 is 4.74 Å². The molecule has 98 valence electrons. The number of aromatic nitrogens is 3. The van der Waals surface area contributed by atoms with E-state index in [0.29, 0.717) is 0 Å². The molecule has 0 amide bonds. The van der Waals surface area contributed by atoms with Gasteiger partial charge in [0.25, 0.3) is 0 Å². The number of ether oxygens (including phenoxy) is 1. The number of methoxy groups -OCH3 is 1. The van der Waals surface area contributed by atoms with Gasteiger partial charge in [0.15, 0.2) is 0 Å². The third kappa shape index (κ3) is 2.36. The van der Waals surface area contributed by atoms with Gasteiger partial charge in [-0.1, -0.05) is 18.2 Å². The van der Waals surface area contributed by atoms with Crippen LogP contribution in [0.3, 0.4) is 0 Å². The van der Waals surface area contributed by atoms with Gasteiger partial charge in [0.1, 0.15) is 12.1 Å². The second kappa shape index (κ2) is 5.48. The van der Waals surface area contributed by atoms with Crippen LogP contribution in [0.2, 0.25) is 0 Å². The van der Waals surface area contributed by atoms with Crippen LogP contribution in [-0.2, 0) is 0 Å². The predicted octanol–water partition coefficient (Wildman–Crippen LogP) is 3.21. The number of rotatable bonds is 3. The Morgan fingerprint density at radius 2 is 1.60 bits per heavy atom. The van der Waals surface area contributed by atoms with Crippen molar-refractivity contribution in [2.24, 2.45) is 0 Å². The molecule has 0 atom stereocenters. The Morgan fingerprint density at radius 1 is 0.800 bits per heavy atom. The maximum absolute atomic E-state index is 5.37. The lowest BCUT2D eigenvalue weighted by Crippen LogP contribution is -1.93. The minimum atomic E-state index is 0.790. The van der Waals surface area contributed by atoms with Crippen molar-refractivity contribution < 1.29 is 4.74 Å². The Balaban J connectivity index is 2.08. The Morgan fingerprint density at radius 3 is 2.40 bits per heavy atom. The zero-order valence-electron chi connectivity index (χ0n) is 11.0. The van der Waals surface area contributed by atoms with Crippen molar-refractivity contribution in [3.05, 3.63) is 61.1 Å². The monoisotopic (exact) mass is 263 g/mol. The lowest BCUT2D eigenvalue weighted by Gasteiger charge is -2.08. The molecular weight excluding hydrogens is 250 g/mol. The van der Waals surface area contributed by atoms with Crippen LogP contribution >= 0.6 is 0 Å². The van der Waals surface area contributed by atoms with E-state index in [0.717, 1.165) is 28.4 Å². The van der Waals surface area contributed by atoms with E-state index in [1.165, 1.54) is 0 Å². The van der Waals surface area contributed by atoms with E-state index in [1.54, 1.807) is 19.6 Å². The lowest BCUT2D eigenvalue weighted by molar-refractivity contribution is 0.416. The number of pyridine rings is 1. The molecular formula is C16H13N3O. The Labute approximate surface area is 117 Å². The highest BCUT2D eigenvalue weighted by Crippen LogP contribution is 2.29. The Bertz CT molecular complexity index is 714. The third-order valence-corrected chi connectivity index (χ3v) is 2.98. The Hall–Kier alpha value is -2.75. The van der Waals surface area contributed by atoms with Crippen molar-refractivity contribution in [1.29, 1.82) is 0 Å². The number of hydrogen-bond acceptors (Lipinski definition) is 4. The van der Waals surface area contributed by atoms with Crippen molar-refractivity contribution >= 4 is 0 Å². The first kappa shape index (κ1) is 12.3.